The summed E-state index contributed by atoms with van der Waals surface area (Å²) >= 11 is 0. The van der Waals surface area contributed by atoms with Gasteiger partial charge in [0.1, 0.15) is 0 Å². The molecule has 3 heteroatoms. The van der Waals surface area contributed by atoms with Crippen LogP contribution >= 0.6 is 0 Å². The molecular formula is C18H25NO2. The maximum Gasteiger partial charge on any atom is 0.225 e. The molecule has 0 bridgehead atoms. The highest BCUT2D eigenvalue weighted by Gasteiger charge is 2.29. The lowest BCUT2D eigenvalue weighted by Crippen LogP contribution is -2.42. The zero-order chi connectivity index (χ0) is 14.7. The smallest absolute Gasteiger partial charge is 0.225 e. The average Bonchev–Trinajstić information content (AvgIpc) is 2.56. The van der Waals surface area contributed by atoms with Crippen molar-refractivity contribution in [1.29, 1.82) is 0 Å². The summed E-state index contributed by atoms with van der Waals surface area (Å²) in [4.78, 5) is 14.6. The Labute approximate surface area is 127 Å². The molecule has 21 heavy (non-hydrogen) atoms. The van der Waals surface area contributed by atoms with Crippen molar-refractivity contribution in [3.8, 4) is 0 Å². The Morgan fingerprint density at radius 3 is 2.29 bits per heavy atom. The minimum atomic E-state index is 0.203. The molecule has 1 aromatic rings. The number of hydrogen-bond acceptors (Lipinski definition) is 2. The number of hydrogen-bond donors (Lipinski definition) is 0. The van der Waals surface area contributed by atoms with Gasteiger partial charge in [-0.2, -0.15) is 0 Å². The number of benzene rings is 1. The maximum atomic E-state index is 12.5. The zero-order valence-electron chi connectivity index (χ0n) is 12.9. The molecule has 0 spiro atoms. The molecule has 3 nitrogen and oxygen atoms in total. The Bertz CT molecular complexity index is 468. The van der Waals surface area contributed by atoms with E-state index in [-0.39, 0.29) is 5.92 Å². The van der Waals surface area contributed by atoms with E-state index in [4.69, 9.17) is 4.74 Å². The Hall–Kier alpha value is -1.35. The van der Waals surface area contributed by atoms with Crippen molar-refractivity contribution in [2.24, 2.45) is 5.92 Å². The van der Waals surface area contributed by atoms with Crippen LogP contribution in [0.4, 0.5) is 0 Å². The molecule has 3 rings (SSSR count). The first-order valence-corrected chi connectivity index (χ1v) is 8.17. The molecule has 2 aliphatic rings. The normalized spacial score (nSPS) is 21.5. The van der Waals surface area contributed by atoms with Gasteiger partial charge in [-0.3, -0.25) is 4.79 Å². The van der Waals surface area contributed by atoms with Crippen molar-refractivity contribution in [2.75, 3.05) is 26.3 Å². The number of ether oxygens (including phenoxy) is 1. The minimum Gasteiger partial charge on any atom is -0.381 e. The van der Waals surface area contributed by atoms with E-state index in [1.165, 1.54) is 11.1 Å². The van der Waals surface area contributed by atoms with Gasteiger partial charge in [-0.1, -0.05) is 29.8 Å². The molecule has 114 valence electrons. The lowest BCUT2D eigenvalue weighted by Gasteiger charge is -2.35. The highest BCUT2D eigenvalue weighted by atomic mass is 16.5. The van der Waals surface area contributed by atoms with Crippen LogP contribution in [0, 0.1) is 12.8 Å². The SMILES string of the molecule is Cc1ccc(C2CCN(C(=O)C3CCOCC3)CC2)cc1. The summed E-state index contributed by atoms with van der Waals surface area (Å²) < 4.78 is 5.35. The molecule has 2 heterocycles. The number of piperidine rings is 1. The summed E-state index contributed by atoms with van der Waals surface area (Å²) in [6.07, 6.45) is 3.99. The average molecular weight is 287 g/mol. The van der Waals surface area contributed by atoms with Crippen LogP contribution in [0.3, 0.4) is 0 Å². The van der Waals surface area contributed by atoms with Gasteiger partial charge in [0.15, 0.2) is 0 Å². The number of carbonyl (C=O) groups is 1. The van der Waals surface area contributed by atoms with Crippen molar-refractivity contribution in [3.05, 3.63) is 35.4 Å². The van der Waals surface area contributed by atoms with Gasteiger partial charge < -0.3 is 9.64 Å². The van der Waals surface area contributed by atoms with Gasteiger partial charge in [-0.25, -0.2) is 0 Å². The monoisotopic (exact) mass is 287 g/mol. The fourth-order valence-corrected chi connectivity index (χ4v) is 3.47. The van der Waals surface area contributed by atoms with Gasteiger partial charge in [0, 0.05) is 32.2 Å². The van der Waals surface area contributed by atoms with Gasteiger partial charge in [0.05, 0.1) is 0 Å². The number of rotatable bonds is 2. The first kappa shape index (κ1) is 14.6. The predicted molar refractivity (Wildman–Crippen MR) is 83.3 cm³/mol. The summed E-state index contributed by atoms with van der Waals surface area (Å²) in [6, 6.07) is 8.87. The molecule has 0 N–H and O–H groups in total. The van der Waals surface area contributed by atoms with Crippen LogP contribution in [0.15, 0.2) is 24.3 Å². The summed E-state index contributed by atoms with van der Waals surface area (Å²) in [6.45, 7) is 5.44. The van der Waals surface area contributed by atoms with Crippen LogP contribution in [0.1, 0.15) is 42.7 Å². The third-order valence-corrected chi connectivity index (χ3v) is 4.93. The van der Waals surface area contributed by atoms with E-state index < -0.39 is 0 Å². The Morgan fingerprint density at radius 1 is 1.05 bits per heavy atom. The van der Waals surface area contributed by atoms with E-state index in [0.717, 1.165) is 52.0 Å². The molecule has 2 saturated heterocycles. The molecule has 0 atom stereocenters. The van der Waals surface area contributed by atoms with Crippen molar-refractivity contribution in [3.63, 3.8) is 0 Å². The van der Waals surface area contributed by atoms with E-state index in [1.54, 1.807) is 0 Å². The lowest BCUT2D eigenvalue weighted by atomic mass is 9.88. The molecule has 2 aliphatic heterocycles. The molecule has 0 saturated carbocycles. The van der Waals surface area contributed by atoms with E-state index in [9.17, 15) is 4.79 Å². The van der Waals surface area contributed by atoms with Crippen molar-refractivity contribution < 1.29 is 9.53 Å². The summed E-state index contributed by atoms with van der Waals surface area (Å²) in [5.41, 5.74) is 2.74. The Kier molecular flexibility index (Phi) is 4.59. The van der Waals surface area contributed by atoms with Gasteiger partial charge in [-0.15, -0.1) is 0 Å². The molecule has 0 unspecified atom stereocenters. The van der Waals surface area contributed by atoms with Gasteiger partial charge in [0.2, 0.25) is 5.91 Å². The maximum absolute atomic E-state index is 12.5. The van der Waals surface area contributed by atoms with Gasteiger partial charge in [0.25, 0.3) is 0 Å². The number of amides is 1. The molecule has 0 aliphatic carbocycles. The molecule has 2 fully saturated rings. The van der Waals surface area contributed by atoms with E-state index in [1.807, 2.05) is 0 Å². The molecule has 1 aromatic carbocycles. The molecule has 0 radical (unpaired) electrons. The number of carbonyl (C=O) groups excluding carboxylic acids is 1. The quantitative estimate of drug-likeness (QED) is 0.836. The minimum absolute atomic E-state index is 0.203. The van der Waals surface area contributed by atoms with Crippen molar-refractivity contribution in [2.45, 2.75) is 38.5 Å². The van der Waals surface area contributed by atoms with E-state index >= 15 is 0 Å². The second kappa shape index (κ2) is 6.61. The largest absolute Gasteiger partial charge is 0.381 e. The van der Waals surface area contributed by atoms with E-state index in [2.05, 4.69) is 36.1 Å². The molecular weight excluding hydrogens is 262 g/mol. The van der Waals surface area contributed by atoms with Crippen molar-refractivity contribution >= 4 is 5.91 Å². The third kappa shape index (κ3) is 3.46. The second-order valence-electron chi connectivity index (χ2n) is 6.40. The number of aryl methyl sites for hydroxylation is 1. The van der Waals surface area contributed by atoms with Crippen LogP contribution in [0.25, 0.3) is 0 Å². The molecule has 0 aromatic heterocycles. The summed E-state index contributed by atoms with van der Waals surface area (Å²) in [7, 11) is 0. The van der Waals surface area contributed by atoms with Crippen LogP contribution in [0.2, 0.25) is 0 Å². The highest BCUT2D eigenvalue weighted by molar-refractivity contribution is 5.79. The Morgan fingerprint density at radius 2 is 1.67 bits per heavy atom. The van der Waals surface area contributed by atoms with Crippen LogP contribution in [-0.2, 0) is 9.53 Å². The fraction of sp³-hybridized carbons (Fsp3) is 0.611. The van der Waals surface area contributed by atoms with Crippen LogP contribution in [0.5, 0.6) is 0 Å². The standard InChI is InChI=1S/C18H25NO2/c1-14-2-4-15(5-3-14)16-6-10-19(11-7-16)18(20)17-8-12-21-13-9-17/h2-5,16-17H,6-13H2,1H3. The second-order valence-corrected chi connectivity index (χ2v) is 6.40. The fourth-order valence-electron chi connectivity index (χ4n) is 3.47. The summed E-state index contributed by atoms with van der Waals surface area (Å²) in [5.74, 6) is 1.18. The van der Waals surface area contributed by atoms with Crippen LogP contribution in [-0.4, -0.2) is 37.1 Å². The number of likely N-dealkylation sites (tertiary alicyclic amines) is 1. The molecule has 1 amide bonds. The highest BCUT2D eigenvalue weighted by Crippen LogP contribution is 2.29. The summed E-state index contributed by atoms with van der Waals surface area (Å²) in [5, 5.41) is 0. The third-order valence-electron chi connectivity index (χ3n) is 4.93. The van der Waals surface area contributed by atoms with Gasteiger partial charge in [-0.05, 0) is 44.1 Å². The lowest BCUT2D eigenvalue weighted by molar-refractivity contribution is -0.139. The predicted octanol–water partition coefficient (Wildman–Crippen LogP) is 3.13. The first-order valence-electron chi connectivity index (χ1n) is 8.17. The topological polar surface area (TPSA) is 29.5 Å². The van der Waals surface area contributed by atoms with Crippen molar-refractivity contribution in [1.82, 2.24) is 4.90 Å². The number of nitrogens with zero attached hydrogens (tertiary/aromatic N) is 1. The van der Waals surface area contributed by atoms with Gasteiger partial charge >= 0.3 is 0 Å². The Balaban J connectivity index is 1.54. The first-order chi connectivity index (χ1) is 10.2. The van der Waals surface area contributed by atoms with Crippen LogP contribution < -0.4 is 0 Å². The van der Waals surface area contributed by atoms with E-state index in [0.29, 0.717) is 11.8 Å². The zero-order valence-corrected chi connectivity index (χ0v) is 12.9.